The van der Waals surface area contributed by atoms with E-state index in [9.17, 15) is 61.5 Å². The number of carbonyl (C=O) groups excluding carboxylic acids is 7. The number of hydrogen-bond acceptors (Lipinski definition) is 15. The number of aromatic hydroxyl groups is 1. The van der Waals surface area contributed by atoms with Gasteiger partial charge in [-0.05, 0) is 68.2 Å². The maximum atomic E-state index is 14.5. The van der Waals surface area contributed by atoms with Crippen molar-refractivity contribution in [3.63, 3.8) is 0 Å². The standard InChI is InChI=1S/C45H67N13O13S/c1-24(2)36(57-43(65)37(25(3)4)56-38(60)30(47)17-27-19-48-22-50-27)42(64)55-34(21-72(69,70)71)40(62)53-32(18-28-20-49-23-51-28)39(61)54-33(16-26-10-12-29(59)13-11-26)44(66)58-15-7-9-35(58)41(63)52-31(45(67)68)8-5-6-14-46/h10-13,19-20,22-25,30-37,59H,5-9,14-18,21,46-47H2,1-4H3,(H,48,50)(H,49,51)(H,52,63)(H,53,62)(H,54,61)(H,55,64)(H,56,60)(H,57,65)(H,67,68)(H,69,70,71). The molecule has 0 radical (unpaired) electrons. The van der Waals surface area contributed by atoms with Gasteiger partial charge < -0.3 is 68.4 Å². The minimum atomic E-state index is -5.05. The first-order valence-electron chi connectivity index (χ1n) is 23.5. The number of phenolic OH excluding ortho intramolecular Hbond substituents is 1. The second-order valence-corrected chi connectivity index (χ2v) is 19.8. The summed E-state index contributed by atoms with van der Waals surface area (Å²) in [5.74, 6) is -10.3. The van der Waals surface area contributed by atoms with Crippen molar-refractivity contribution < 1.29 is 61.5 Å². The number of aromatic amines is 2. The second kappa shape index (κ2) is 27.0. The zero-order valence-electron chi connectivity index (χ0n) is 40.5. The van der Waals surface area contributed by atoms with Gasteiger partial charge in [0.25, 0.3) is 10.1 Å². The molecule has 8 atom stereocenters. The van der Waals surface area contributed by atoms with Crippen molar-refractivity contribution in [2.45, 2.75) is 127 Å². The molecule has 0 spiro atoms. The SMILES string of the molecule is CC(C)C(NC(=O)C(N)Cc1cnc[nH]1)C(=O)NC(C(=O)NC(CS(=O)(=O)O)C(=O)NC(Cc1cnc[nH]1)C(=O)NC(Cc1ccc(O)cc1)C(=O)N1CCCC1C(=O)NC(CCCCN)C(=O)O)C(C)C. The summed E-state index contributed by atoms with van der Waals surface area (Å²) < 4.78 is 34.7. The molecule has 1 saturated heterocycles. The number of benzene rings is 1. The van der Waals surface area contributed by atoms with E-state index < -0.39 is 123 Å². The number of unbranched alkanes of at least 4 members (excludes halogenated alkanes) is 1. The Morgan fingerprint density at radius 3 is 1.81 bits per heavy atom. The van der Waals surface area contributed by atoms with Crippen LogP contribution in [0.5, 0.6) is 5.75 Å². The summed E-state index contributed by atoms with van der Waals surface area (Å²) in [6, 6.07) is -5.63. The van der Waals surface area contributed by atoms with Gasteiger partial charge in [-0.15, -0.1) is 0 Å². The van der Waals surface area contributed by atoms with Gasteiger partial charge in [0.2, 0.25) is 41.4 Å². The quantitative estimate of drug-likeness (QED) is 0.0264. The third kappa shape index (κ3) is 17.7. The molecule has 26 nitrogen and oxygen atoms in total. The van der Waals surface area contributed by atoms with Crippen LogP contribution in [0.25, 0.3) is 0 Å². The number of rotatable bonds is 28. The summed E-state index contributed by atoms with van der Waals surface area (Å²) >= 11 is 0. The maximum Gasteiger partial charge on any atom is 0.326 e. The summed E-state index contributed by atoms with van der Waals surface area (Å²) in [6.07, 6.45) is 6.58. The number of nitrogens with two attached hydrogens (primary N) is 2. The van der Waals surface area contributed by atoms with Gasteiger partial charge in [0, 0.05) is 49.6 Å². The molecule has 0 saturated carbocycles. The van der Waals surface area contributed by atoms with Gasteiger partial charge in [0.15, 0.2) is 0 Å². The number of nitrogens with one attached hydrogen (secondary N) is 8. The fourth-order valence-corrected chi connectivity index (χ4v) is 8.57. The summed E-state index contributed by atoms with van der Waals surface area (Å²) in [5, 5.41) is 34.7. The summed E-state index contributed by atoms with van der Waals surface area (Å²) in [5.41, 5.74) is 12.9. The third-order valence-electron chi connectivity index (χ3n) is 11.8. The Morgan fingerprint density at radius 1 is 0.722 bits per heavy atom. The van der Waals surface area contributed by atoms with Crippen molar-refractivity contribution in [3.8, 4) is 5.75 Å². The van der Waals surface area contributed by atoms with Gasteiger partial charge in [-0.2, -0.15) is 8.42 Å². The van der Waals surface area contributed by atoms with Gasteiger partial charge in [-0.25, -0.2) is 14.8 Å². The Morgan fingerprint density at radius 2 is 1.26 bits per heavy atom. The average molecular weight is 1030 g/mol. The number of phenols is 1. The molecule has 72 heavy (non-hydrogen) atoms. The van der Waals surface area contributed by atoms with Gasteiger partial charge in [-0.3, -0.25) is 38.1 Å². The predicted molar refractivity (Wildman–Crippen MR) is 257 cm³/mol. The molecule has 3 heterocycles. The van der Waals surface area contributed by atoms with Crippen LogP contribution >= 0.6 is 0 Å². The van der Waals surface area contributed by atoms with Crippen LogP contribution in [-0.4, -0.2) is 163 Å². The van der Waals surface area contributed by atoms with E-state index in [2.05, 4.69) is 51.8 Å². The number of amides is 7. The van der Waals surface area contributed by atoms with Gasteiger partial charge in [0.1, 0.15) is 53.8 Å². The van der Waals surface area contributed by atoms with Gasteiger partial charge in [-0.1, -0.05) is 39.8 Å². The average Bonchev–Trinajstić information content (AvgIpc) is 4.13. The van der Waals surface area contributed by atoms with Crippen LogP contribution in [0.3, 0.4) is 0 Å². The molecule has 1 aromatic carbocycles. The minimum Gasteiger partial charge on any atom is -0.508 e. The zero-order chi connectivity index (χ0) is 53.3. The molecule has 0 aliphatic carbocycles. The van der Waals surface area contributed by atoms with E-state index in [0.29, 0.717) is 37.1 Å². The van der Waals surface area contributed by atoms with Crippen molar-refractivity contribution >= 4 is 57.4 Å². The Labute approximate surface area is 416 Å². The van der Waals surface area contributed by atoms with Crippen LogP contribution in [0.15, 0.2) is 49.3 Å². The lowest BCUT2D eigenvalue weighted by molar-refractivity contribution is -0.145. The summed E-state index contributed by atoms with van der Waals surface area (Å²) in [4.78, 5) is 124. The lowest BCUT2D eigenvalue weighted by Crippen LogP contribution is -2.62. The van der Waals surface area contributed by atoms with Crippen molar-refractivity contribution in [2.24, 2.45) is 23.3 Å². The fraction of sp³-hybridized carbons (Fsp3) is 0.556. The molecular weight excluding hydrogens is 963 g/mol. The molecule has 4 rings (SSSR count). The number of likely N-dealkylation sites (tertiary alicyclic amines) is 1. The molecule has 27 heteroatoms. The van der Waals surface area contributed by atoms with Gasteiger partial charge in [0.05, 0.1) is 18.7 Å². The first-order valence-corrected chi connectivity index (χ1v) is 25.1. The zero-order valence-corrected chi connectivity index (χ0v) is 41.3. The van der Waals surface area contributed by atoms with Crippen LogP contribution in [0.4, 0.5) is 0 Å². The van der Waals surface area contributed by atoms with Crippen LogP contribution in [0, 0.1) is 11.8 Å². The molecular formula is C45H67N13O13S. The number of aromatic nitrogens is 4. The Bertz CT molecular complexity index is 2420. The van der Waals surface area contributed by atoms with Crippen LogP contribution in [-0.2, 0) is 67.7 Å². The fourth-order valence-electron chi connectivity index (χ4n) is 7.91. The van der Waals surface area contributed by atoms with Crippen molar-refractivity contribution in [1.29, 1.82) is 0 Å². The highest BCUT2D eigenvalue weighted by Crippen LogP contribution is 2.21. The van der Waals surface area contributed by atoms with Gasteiger partial charge >= 0.3 is 5.97 Å². The number of hydrogen-bond donors (Lipinski definition) is 13. The van der Waals surface area contributed by atoms with E-state index in [1.165, 1.54) is 54.2 Å². The van der Waals surface area contributed by atoms with E-state index in [1.807, 2.05) is 0 Å². The predicted octanol–water partition coefficient (Wildman–Crippen LogP) is -2.49. The second-order valence-electron chi connectivity index (χ2n) is 18.3. The van der Waals surface area contributed by atoms with Crippen LogP contribution in [0.2, 0.25) is 0 Å². The Kier molecular flexibility index (Phi) is 21.6. The van der Waals surface area contributed by atoms with Crippen molar-refractivity contribution in [2.75, 3.05) is 18.8 Å². The minimum absolute atomic E-state index is 0.0561. The number of nitrogens with zero attached hydrogens (tertiary/aromatic N) is 3. The third-order valence-corrected chi connectivity index (χ3v) is 12.6. The summed E-state index contributed by atoms with van der Waals surface area (Å²) in [6.45, 7) is 6.73. The van der Waals surface area contributed by atoms with Crippen molar-refractivity contribution in [3.05, 3.63) is 66.3 Å². The van der Waals surface area contributed by atoms with E-state index in [4.69, 9.17) is 11.5 Å². The Hall–Kier alpha value is -6.97. The first kappa shape index (κ1) is 57.6. The van der Waals surface area contributed by atoms with Crippen LogP contribution in [0.1, 0.15) is 76.8 Å². The van der Waals surface area contributed by atoms with E-state index in [0.717, 1.165) is 0 Å². The molecule has 3 aromatic rings. The Balaban J connectivity index is 1.58. The number of carboxylic acid groups (broad SMARTS) is 1. The highest BCUT2D eigenvalue weighted by Gasteiger charge is 2.41. The molecule has 1 aliphatic rings. The molecule has 0 bridgehead atoms. The molecule has 396 valence electrons. The summed E-state index contributed by atoms with van der Waals surface area (Å²) in [7, 11) is -5.05. The number of carbonyl (C=O) groups is 8. The molecule has 1 aliphatic heterocycles. The van der Waals surface area contributed by atoms with Crippen molar-refractivity contribution in [1.82, 2.24) is 56.7 Å². The number of H-pyrrole nitrogens is 2. The monoisotopic (exact) mass is 1030 g/mol. The highest BCUT2D eigenvalue weighted by atomic mass is 32.2. The lowest BCUT2D eigenvalue weighted by atomic mass is 9.99. The maximum absolute atomic E-state index is 14.5. The van der Waals surface area contributed by atoms with E-state index in [-0.39, 0.29) is 50.1 Å². The first-order chi connectivity index (χ1) is 34.0. The number of aliphatic carboxylic acids is 1. The molecule has 1 fully saturated rings. The largest absolute Gasteiger partial charge is 0.508 e. The molecule has 15 N–H and O–H groups in total. The lowest BCUT2D eigenvalue weighted by Gasteiger charge is -2.31. The molecule has 8 unspecified atom stereocenters. The molecule has 7 amide bonds. The van der Waals surface area contributed by atoms with E-state index in [1.54, 1.807) is 27.7 Å². The normalized spacial score (nSPS) is 16.6. The van der Waals surface area contributed by atoms with Crippen LogP contribution < -0.4 is 43.4 Å². The number of imidazole rings is 2. The number of carboxylic acids is 1. The molecule has 2 aromatic heterocycles. The topological polar surface area (TPSA) is 416 Å². The highest BCUT2D eigenvalue weighted by molar-refractivity contribution is 7.85. The smallest absolute Gasteiger partial charge is 0.326 e. The van der Waals surface area contributed by atoms with E-state index >= 15 is 0 Å².